The fourth-order valence-electron chi connectivity index (χ4n) is 12.3. The van der Waals surface area contributed by atoms with Crippen molar-refractivity contribution in [1.29, 1.82) is 0 Å². The lowest BCUT2D eigenvalue weighted by molar-refractivity contribution is -0.318. The number of carbonyl (C=O) groups excluding carboxylic acids is 1. The number of thiocarbonyl (C=S) groups is 1. The SMILES string of the molecule is CC[C@H]1OC(=O)[C@H](C)[C@@H](O[C@H]2C[C@@](C)(OC)[C@@H](O)[C@H](C)O2)[C@H](C)[C@@H](O[C@@H]2O[C@H](C)C[C@H](N(C)C)[C@H]2O)[C@](C)(O)C[C@@H](C)CN(CCCNC(=S)NCC2CC3CCC2C3)[C@H](C)[C@@H](O)[C@]1(C)O. The maximum Gasteiger partial charge on any atom is 0.311 e. The zero-order valence-electron chi connectivity index (χ0n) is 42.5. The summed E-state index contributed by atoms with van der Waals surface area (Å²) in [5, 5.41) is 67.5. The molecule has 3 aliphatic heterocycles. The molecule has 0 aromatic rings. The second kappa shape index (κ2) is 23.3. The van der Waals surface area contributed by atoms with Crippen LogP contribution >= 0.6 is 12.2 Å². The Morgan fingerprint density at radius 2 is 1.64 bits per heavy atom. The summed E-state index contributed by atoms with van der Waals surface area (Å²) in [5.74, 6) is -0.356. The van der Waals surface area contributed by atoms with Crippen molar-refractivity contribution >= 4 is 23.3 Å². The smallest absolute Gasteiger partial charge is 0.311 e. The number of hydrogen-bond donors (Lipinski definition) is 7. The zero-order valence-corrected chi connectivity index (χ0v) is 43.3. The maximum atomic E-state index is 14.6. The topological polar surface area (TPSA) is 204 Å². The number of aliphatic hydroxyl groups excluding tert-OH is 3. The van der Waals surface area contributed by atoms with Crippen LogP contribution in [-0.4, -0.2) is 184 Å². The maximum absolute atomic E-state index is 14.6. The lowest BCUT2D eigenvalue weighted by Gasteiger charge is -2.48. The van der Waals surface area contributed by atoms with Crippen LogP contribution in [0.1, 0.15) is 127 Å². The number of aliphatic hydroxyl groups is 5. The first-order chi connectivity index (χ1) is 30.8. The molecule has 5 aliphatic rings. The fraction of sp³-hybridized carbons (Fsp3) is 0.959. The van der Waals surface area contributed by atoms with Crippen molar-refractivity contribution in [3.05, 3.63) is 0 Å². The molecule has 5 fully saturated rings. The molecule has 0 radical (unpaired) electrons. The molecule has 21 atom stereocenters. The summed E-state index contributed by atoms with van der Waals surface area (Å²) in [4.78, 5) is 18.6. The molecule has 7 N–H and O–H groups in total. The van der Waals surface area contributed by atoms with E-state index in [0.717, 1.165) is 18.4 Å². The molecule has 0 amide bonds. The highest BCUT2D eigenvalue weighted by Gasteiger charge is 2.53. The lowest BCUT2D eigenvalue weighted by Crippen LogP contribution is -2.60. The summed E-state index contributed by atoms with van der Waals surface area (Å²) < 4.78 is 38.2. The van der Waals surface area contributed by atoms with Gasteiger partial charge in [-0.3, -0.25) is 9.69 Å². The van der Waals surface area contributed by atoms with E-state index in [-0.39, 0.29) is 37.3 Å². The Morgan fingerprint density at radius 3 is 2.24 bits per heavy atom. The number of nitrogens with zero attached hydrogens (tertiary/aromatic N) is 2. The van der Waals surface area contributed by atoms with Gasteiger partial charge in [-0.1, -0.05) is 27.2 Å². The Kier molecular flexibility index (Phi) is 19.6. The summed E-state index contributed by atoms with van der Waals surface area (Å²) in [5.41, 5.74) is -4.51. The van der Waals surface area contributed by atoms with Crippen molar-refractivity contribution < 1.29 is 58.7 Å². The van der Waals surface area contributed by atoms with Gasteiger partial charge in [-0.15, -0.1) is 0 Å². The molecule has 66 heavy (non-hydrogen) atoms. The van der Waals surface area contributed by atoms with Gasteiger partial charge >= 0.3 is 5.97 Å². The van der Waals surface area contributed by atoms with Crippen molar-refractivity contribution in [3.63, 3.8) is 0 Å². The molecular formula is C49H90N4O12S. The van der Waals surface area contributed by atoms with Crippen LogP contribution in [0.3, 0.4) is 0 Å². The number of hydrogen-bond acceptors (Lipinski definition) is 15. The van der Waals surface area contributed by atoms with Crippen molar-refractivity contribution in [2.24, 2.45) is 35.5 Å². The first kappa shape index (κ1) is 55.6. The van der Waals surface area contributed by atoms with Gasteiger partial charge in [0.25, 0.3) is 0 Å². The average Bonchev–Trinajstić information content (AvgIpc) is 3.89. The van der Waals surface area contributed by atoms with Gasteiger partial charge in [-0.25, -0.2) is 0 Å². The molecule has 5 rings (SSSR count). The molecular weight excluding hydrogens is 869 g/mol. The summed E-state index contributed by atoms with van der Waals surface area (Å²) in [6.45, 7) is 20.3. The number of methoxy groups -OCH3 is 1. The second-order valence-corrected chi connectivity index (χ2v) is 22.6. The Labute approximate surface area is 401 Å². The minimum Gasteiger partial charge on any atom is -0.459 e. The normalized spacial score (nSPS) is 46.7. The molecule has 2 aliphatic carbocycles. The third-order valence-corrected chi connectivity index (χ3v) is 16.6. The fourth-order valence-corrected chi connectivity index (χ4v) is 12.5. The van der Waals surface area contributed by atoms with Gasteiger partial charge in [-0.05, 0) is 143 Å². The monoisotopic (exact) mass is 959 g/mol. The lowest BCUT2D eigenvalue weighted by atomic mass is 9.77. The van der Waals surface area contributed by atoms with E-state index < -0.39 is 96.0 Å². The van der Waals surface area contributed by atoms with E-state index in [1.807, 2.05) is 46.7 Å². The predicted molar refractivity (Wildman–Crippen MR) is 255 cm³/mol. The summed E-state index contributed by atoms with van der Waals surface area (Å²) in [7, 11) is 5.31. The van der Waals surface area contributed by atoms with E-state index in [9.17, 15) is 30.3 Å². The molecule has 3 unspecified atom stereocenters. The van der Waals surface area contributed by atoms with Crippen LogP contribution in [0.4, 0.5) is 0 Å². The van der Waals surface area contributed by atoms with Gasteiger partial charge < -0.3 is 69.5 Å². The summed E-state index contributed by atoms with van der Waals surface area (Å²) >= 11 is 5.68. The third-order valence-electron chi connectivity index (χ3n) is 16.4. The minimum absolute atomic E-state index is 0.122. The average molecular weight is 959 g/mol. The molecule has 2 bridgehead atoms. The standard InChI is InChI=1S/C49H90N4O12S/c1-14-37-49(10,59)41(55)31(6)53(19-15-18-50-46(66)51-25-35-22-33-16-17-34(35)21-33)26-27(2)23-47(8,58)43(65-45-39(54)36(52(11)12)20-28(3)61-45)29(4)40(30(5)44(57)63-37)64-38-24-48(9,60-13)42(56)32(7)62-38/h27-43,45,54-56,58-59H,14-26H2,1-13H3,(H2,50,51,66)/t27-,28-,29+,30-,31-,32+,33?,34?,35?,36+,37-,38+,39-,40+,41-,42+,43-,45+,47-,48-,49-/m1/s1. The number of likely N-dealkylation sites (N-methyl/N-ethyl adjacent to an activating group) is 1. The number of carbonyl (C=O) groups is 1. The Hall–Kier alpha value is -1.32. The van der Waals surface area contributed by atoms with Crippen molar-refractivity contribution in [2.45, 2.75) is 217 Å². The van der Waals surface area contributed by atoms with Crippen LogP contribution in [0.5, 0.6) is 0 Å². The van der Waals surface area contributed by atoms with Crippen molar-refractivity contribution in [2.75, 3.05) is 47.4 Å². The van der Waals surface area contributed by atoms with E-state index in [1.165, 1.54) is 39.7 Å². The van der Waals surface area contributed by atoms with Gasteiger partial charge in [0.15, 0.2) is 17.7 Å². The van der Waals surface area contributed by atoms with Crippen LogP contribution in [0.2, 0.25) is 0 Å². The van der Waals surface area contributed by atoms with Crippen LogP contribution in [-0.2, 0) is 33.2 Å². The summed E-state index contributed by atoms with van der Waals surface area (Å²) in [6, 6.07) is -0.891. The Balaban J connectivity index is 1.45. The highest BCUT2D eigenvalue weighted by molar-refractivity contribution is 7.80. The van der Waals surface area contributed by atoms with Gasteiger partial charge in [0, 0.05) is 57.7 Å². The van der Waals surface area contributed by atoms with E-state index in [4.69, 9.17) is 40.6 Å². The highest BCUT2D eigenvalue weighted by Crippen LogP contribution is 2.48. The molecule has 17 heteroatoms. The van der Waals surface area contributed by atoms with Gasteiger partial charge in [0.1, 0.15) is 30.0 Å². The molecule has 0 aromatic heterocycles. The minimum atomic E-state index is -1.86. The Morgan fingerprint density at radius 1 is 0.939 bits per heavy atom. The largest absolute Gasteiger partial charge is 0.459 e. The van der Waals surface area contributed by atoms with Gasteiger partial charge in [-0.2, -0.15) is 0 Å². The molecule has 384 valence electrons. The van der Waals surface area contributed by atoms with Crippen molar-refractivity contribution in [3.8, 4) is 0 Å². The molecule has 0 spiro atoms. The third kappa shape index (κ3) is 13.1. The molecule has 3 heterocycles. The zero-order chi connectivity index (χ0) is 49.1. The highest BCUT2D eigenvalue weighted by atomic mass is 32.1. The van der Waals surface area contributed by atoms with Crippen LogP contribution in [0, 0.1) is 35.5 Å². The van der Waals surface area contributed by atoms with Gasteiger partial charge in [0.2, 0.25) is 0 Å². The number of fused-ring (bicyclic) bond motifs is 2. The number of rotatable bonds is 13. The van der Waals surface area contributed by atoms with Gasteiger partial charge in [0.05, 0.1) is 41.5 Å². The van der Waals surface area contributed by atoms with Crippen LogP contribution in [0.25, 0.3) is 0 Å². The summed E-state index contributed by atoms with van der Waals surface area (Å²) in [6.07, 6.45) is -2.56. The molecule has 2 saturated carbocycles. The van der Waals surface area contributed by atoms with Crippen LogP contribution in [0.15, 0.2) is 0 Å². The van der Waals surface area contributed by atoms with Crippen LogP contribution < -0.4 is 10.6 Å². The number of ether oxygens (including phenoxy) is 6. The number of nitrogens with one attached hydrogen (secondary N) is 2. The second-order valence-electron chi connectivity index (χ2n) is 22.1. The first-order valence-electron chi connectivity index (χ1n) is 25.1. The molecule has 16 nitrogen and oxygen atoms in total. The van der Waals surface area contributed by atoms with E-state index >= 15 is 0 Å². The number of esters is 1. The molecule has 0 aromatic carbocycles. The predicted octanol–water partition coefficient (Wildman–Crippen LogP) is 3.56. The number of cyclic esters (lactones) is 1. The Bertz CT molecular complexity index is 1560. The molecule has 3 saturated heterocycles. The van der Waals surface area contributed by atoms with E-state index in [0.29, 0.717) is 43.5 Å². The van der Waals surface area contributed by atoms with E-state index in [1.54, 1.807) is 34.6 Å². The van der Waals surface area contributed by atoms with E-state index in [2.05, 4.69) is 15.5 Å². The quantitative estimate of drug-likeness (QED) is 0.0802. The first-order valence-corrected chi connectivity index (χ1v) is 25.5. The van der Waals surface area contributed by atoms with Crippen molar-refractivity contribution in [1.82, 2.24) is 20.4 Å².